The maximum absolute atomic E-state index is 5.29. The summed E-state index contributed by atoms with van der Waals surface area (Å²) < 4.78 is 10.4. The first-order chi connectivity index (χ1) is 8.38. The van der Waals surface area contributed by atoms with Crippen molar-refractivity contribution in [2.24, 2.45) is 0 Å². The molecule has 0 spiro atoms. The van der Waals surface area contributed by atoms with Crippen LogP contribution in [-0.4, -0.2) is 28.8 Å². The van der Waals surface area contributed by atoms with Crippen LogP contribution in [0.1, 0.15) is 18.2 Å². The Labute approximate surface area is 98.0 Å². The van der Waals surface area contributed by atoms with Gasteiger partial charge < -0.3 is 14.6 Å². The van der Waals surface area contributed by atoms with E-state index in [0.717, 1.165) is 18.7 Å². The van der Waals surface area contributed by atoms with Crippen molar-refractivity contribution in [3.05, 3.63) is 24.2 Å². The normalized spacial score (nSPS) is 18.8. The Kier molecular flexibility index (Phi) is 2.49. The van der Waals surface area contributed by atoms with Crippen LogP contribution in [-0.2, 0) is 0 Å². The molecule has 3 rings (SSSR count). The zero-order valence-corrected chi connectivity index (χ0v) is 9.38. The summed E-state index contributed by atoms with van der Waals surface area (Å²) in [6.07, 6.45) is 4.26. The Morgan fingerprint density at radius 2 is 2.24 bits per heavy atom. The third-order valence-electron chi connectivity index (χ3n) is 2.80. The topological polar surface area (TPSA) is 73.1 Å². The highest BCUT2D eigenvalue weighted by Crippen LogP contribution is 2.29. The molecule has 1 aliphatic rings. The monoisotopic (exact) mass is 232 g/mol. The van der Waals surface area contributed by atoms with Gasteiger partial charge >= 0.3 is 0 Å². The first-order valence-electron chi connectivity index (χ1n) is 5.44. The molecule has 2 aromatic heterocycles. The van der Waals surface area contributed by atoms with Gasteiger partial charge in [0.15, 0.2) is 11.5 Å². The molecule has 0 aliphatic carbocycles. The Hall–Kier alpha value is -1.95. The number of hydrogen-bond acceptors (Lipinski definition) is 6. The second-order valence-electron chi connectivity index (χ2n) is 3.82. The van der Waals surface area contributed by atoms with E-state index in [9.17, 15) is 0 Å². The summed E-state index contributed by atoms with van der Waals surface area (Å²) in [7, 11) is 1.56. The van der Waals surface area contributed by atoms with Gasteiger partial charge in [0.1, 0.15) is 5.69 Å². The van der Waals surface area contributed by atoms with Gasteiger partial charge in [-0.2, -0.15) is 0 Å². The van der Waals surface area contributed by atoms with Crippen LogP contribution in [0.3, 0.4) is 0 Å². The quantitative estimate of drug-likeness (QED) is 0.856. The molecular weight excluding hydrogens is 220 g/mol. The Bertz CT molecular complexity index is 522. The van der Waals surface area contributed by atoms with Gasteiger partial charge in [-0.1, -0.05) is 5.16 Å². The molecule has 0 radical (unpaired) electrons. The zero-order chi connectivity index (χ0) is 11.7. The van der Waals surface area contributed by atoms with Crippen LogP contribution in [0.2, 0.25) is 0 Å². The molecule has 2 aromatic rings. The number of hydrogen-bond donors (Lipinski definition) is 1. The lowest BCUT2D eigenvalue weighted by Gasteiger charge is -2.24. The van der Waals surface area contributed by atoms with E-state index in [1.165, 1.54) is 0 Å². The van der Waals surface area contributed by atoms with E-state index >= 15 is 0 Å². The van der Waals surface area contributed by atoms with Crippen LogP contribution < -0.4 is 10.1 Å². The summed E-state index contributed by atoms with van der Waals surface area (Å²) in [6.45, 7) is 1.02. The fourth-order valence-electron chi connectivity index (χ4n) is 1.75. The van der Waals surface area contributed by atoms with Gasteiger partial charge in [-0.25, -0.2) is 9.97 Å². The number of nitrogens with zero attached hydrogens (tertiary/aromatic N) is 3. The van der Waals surface area contributed by atoms with E-state index in [4.69, 9.17) is 9.26 Å². The van der Waals surface area contributed by atoms with Gasteiger partial charge in [-0.3, -0.25) is 0 Å². The predicted molar refractivity (Wildman–Crippen MR) is 59.4 cm³/mol. The van der Waals surface area contributed by atoms with Crippen LogP contribution in [0.4, 0.5) is 0 Å². The van der Waals surface area contributed by atoms with E-state index in [2.05, 4.69) is 20.4 Å². The molecular formula is C11H12N4O2. The molecule has 1 unspecified atom stereocenters. The summed E-state index contributed by atoms with van der Waals surface area (Å²) in [5, 5.41) is 7.25. The van der Waals surface area contributed by atoms with Gasteiger partial charge in [0, 0.05) is 18.5 Å². The first-order valence-corrected chi connectivity index (χ1v) is 5.44. The molecule has 0 saturated carbocycles. The maximum Gasteiger partial charge on any atom is 0.242 e. The Morgan fingerprint density at radius 1 is 1.41 bits per heavy atom. The average molecular weight is 232 g/mol. The highest BCUT2D eigenvalue weighted by molar-refractivity contribution is 5.59. The standard InChI is InChI=1S/C11H12N4O2/c1-16-11-10(13-4-5-14-11)8-6-9(17-15-8)7-2-3-12-7/h4-7,12H,2-3H2,1H3. The maximum atomic E-state index is 5.29. The molecule has 1 atom stereocenters. The minimum absolute atomic E-state index is 0.277. The fourth-order valence-corrected chi connectivity index (χ4v) is 1.75. The van der Waals surface area contributed by atoms with Crippen molar-refractivity contribution in [1.29, 1.82) is 0 Å². The van der Waals surface area contributed by atoms with E-state index < -0.39 is 0 Å². The Balaban J connectivity index is 1.94. The first kappa shape index (κ1) is 10.2. The summed E-state index contributed by atoms with van der Waals surface area (Å²) in [5.74, 6) is 1.29. The summed E-state index contributed by atoms with van der Waals surface area (Å²) in [5.41, 5.74) is 1.25. The second kappa shape index (κ2) is 4.14. The van der Waals surface area contributed by atoms with Crippen molar-refractivity contribution in [2.45, 2.75) is 12.5 Å². The van der Waals surface area contributed by atoms with Crippen molar-refractivity contribution in [2.75, 3.05) is 13.7 Å². The number of rotatable bonds is 3. The van der Waals surface area contributed by atoms with Crippen LogP contribution in [0.5, 0.6) is 5.88 Å². The lowest BCUT2D eigenvalue weighted by molar-refractivity contribution is 0.282. The zero-order valence-electron chi connectivity index (χ0n) is 9.38. The van der Waals surface area contributed by atoms with Crippen LogP contribution in [0.15, 0.2) is 23.0 Å². The van der Waals surface area contributed by atoms with Gasteiger partial charge in [-0.15, -0.1) is 0 Å². The predicted octanol–water partition coefficient (Wildman–Crippen LogP) is 1.17. The van der Waals surface area contributed by atoms with Crippen molar-refractivity contribution in [3.8, 4) is 17.3 Å². The molecule has 17 heavy (non-hydrogen) atoms. The van der Waals surface area contributed by atoms with E-state index in [-0.39, 0.29) is 6.04 Å². The molecule has 1 N–H and O–H groups in total. The van der Waals surface area contributed by atoms with Crippen LogP contribution in [0, 0.1) is 0 Å². The number of ether oxygens (including phenoxy) is 1. The minimum Gasteiger partial charge on any atom is -0.479 e. The summed E-state index contributed by atoms with van der Waals surface area (Å²) in [6, 6.07) is 2.16. The van der Waals surface area contributed by atoms with Crippen molar-refractivity contribution >= 4 is 0 Å². The molecule has 0 amide bonds. The lowest BCUT2D eigenvalue weighted by Crippen LogP contribution is -2.34. The summed E-state index contributed by atoms with van der Waals surface area (Å²) in [4.78, 5) is 8.29. The van der Waals surface area contributed by atoms with Crippen molar-refractivity contribution in [3.63, 3.8) is 0 Å². The number of methoxy groups -OCH3 is 1. The van der Waals surface area contributed by atoms with Gasteiger partial charge in [-0.05, 0) is 13.0 Å². The van der Waals surface area contributed by atoms with Crippen molar-refractivity contribution in [1.82, 2.24) is 20.4 Å². The van der Waals surface area contributed by atoms with Gasteiger partial charge in [0.25, 0.3) is 0 Å². The molecule has 1 fully saturated rings. The van der Waals surface area contributed by atoms with Gasteiger partial charge in [0.2, 0.25) is 5.88 Å². The van der Waals surface area contributed by atoms with E-state index in [0.29, 0.717) is 17.3 Å². The smallest absolute Gasteiger partial charge is 0.242 e. The molecule has 6 heteroatoms. The fraction of sp³-hybridized carbons (Fsp3) is 0.364. The lowest BCUT2D eigenvalue weighted by atomic mass is 10.0. The third kappa shape index (κ3) is 1.76. The number of nitrogens with one attached hydrogen (secondary N) is 1. The molecule has 1 aliphatic heterocycles. The largest absolute Gasteiger partial charge is 0.479 e. The molecule has 3 heterocycles. The molecule has 1 saturated heterocycles. The van der Waals surface area contributed by atoms with Crippen LogP contribution >= 0.6 is 0 Å². The average Bonchev–Trinajstić information content (AvgIpc) is 2.76. The minimum atomic E-state index is 0.277. The van der Waals surface area contributed by atoms with Gasteiger partial charge in [0.05, 0.1) is 13.2 Å². The third-order valence-corrected chi connectivity index (χ3v) is 2.80. The molecule has 88 valence electrons. The van der Waals surface area contributed by atoms with Crippen molar-refractivity contribution < 1.29 is 9.26 Å². The number of aromatic nitrogens is 3. The molecule has 0 aromatic carbocycles. The highest BCUT2D eigenvalue weighted by Gasteiger charge is 2.24. The van der Waals surface area contributed by atoms with E-state index in [1.54, 1.807) is 19.5 Å². The SMILES string of the molecule is COc1nccnc1-c1cc(C2CCN2)on1. The summed E-state index contributed by atoms with van der Waals surface area (Å²) >= 11 is 0. The second-order valence-corrected chi connectivity index (χ2v) is 3.82. The Morgan fingerprint density at radius 3 is 2.94 bits per heavy atom. The molecule has 0 bridgehead atoms. The van der Waals surface area contributed by atoms with E-state index in [1.807, 2.05) is 6.07 Å². The highest BCUT2D eigenvalue weighted by atomic mass is 16.5. The van der Waals surface area contributed by atoms with Crippen LogP contribution in [0.25, 0.3) is 11.4 Å². The molecule has 6 nitrogen and oxygen atoms in total.